The van der Waals surface area contributed by atoms with Gasteiger partial charge in [0.25, 0.3) is 17.7 Å². The van der Waals surface area contributed by atoms with Crippen LogP contribution in [0.25, 0.3) is 0 Å². The van der Waals surface area contributed by atoms with Gasteiger partial charge in [0, 0.05) is 24.3 Å². The molecular weight excluding hydrogens is 474 g/mol. The average Bonchev–Trinajstić information content (AvgIpc) is 3.10. The highest BCUT2D eigenvalue weighted by molar-refractivity contribution is 6.53. The minimum Gasteiger partial charge on any atom is -0.462 e. The topological polar surface area (TPSA) is 105 Å². The zero-order valence-corrected chi connectivity index (χ0v) is 19.8. The molecule has 0 bridgehead atoms. The van der Waals surface area contributed by atoms with Crippen LogP contribution in [-0.4, -0.2) is 61.5 Å². The van der Waals surface area contributed by atoms with Gasteiger partial charge in [0.05, 0.1) is 31.1 Å². The third-order valence-electron chi connectivity index (χ3n) is 5.50. The summed E-state index contributed by atoms with van der Waals surface area (Å²) in [6.07, 6.45) is 0.672. The fraction of sp³-hybridized carbons (Fsp3) is 0.280. The zero-order chi connectivity index (χ0) is 24.9. The zero-order valence-electron chi connectivity index (χ0n) is 19.1. The lowest BCUT2D eigenvalue weighted by atomic mass is 10.1. The van der Waals surface area contributed by atoms with Crippen LogP contribution < -0.4 is 10.2 Å². The number of hydrogen-bond donors (Lipinski definition) is 1. The fourth-order valence-electron chi connectivity index (χ4n) is 3.69. The monoisotopic (exact) mass is 497 g/mol. The predicted molar refractivity (Wildman–Crippen MR) is 129 cm³/mol. The summed E-state index contributed by atoms with van der Waals surface area (Å²) in [6.45, 7) is 4.23. The molecule has 0 aliphatic carbocycles. The molecule has 0 saturated carbocycles. The summed E-state index contributed by atoms with van der Waals surface area (Å²) >= 11 is 6.21. The Labute approximate surface area is 207 Å². The van der Waals surface area contributed by atoms with E-state index in [0.29, 0.717) is 44.0 Å². The molecule has 2 aliphatic rings. The molecule has 1 N–H and O–H groups in total. The van der Waals surface area contributed by atoms with Crippen LogP contribution in [0.1, 0.15) is 34.1 Å². The minimum absolute atomic E-state index is 0.0946. The number of carbonyl (C=O) groups excluding carboxylic acids is 4. The van der Waals surface area contributed by atoms with E-state index in [1.807, 2.05) is 6.92 Å². The summed E-state index contributed by atoms with van der Waals surface area (Å²) in [5.41, 5.74) is 1.31. The normalized spacial score (nSPS) is 16.1. The summed E-state index contributed by atoms with van der Waals surface area (Å²) in [6, 6.07) is 12.6. The number of nitrogens with one attached hydrogen (secondary N) is 1. The second-order valence-corrected chi connectivity index (χ2v) is 8.31. The lowest BCUT2D eigenvalue weighted by Gasteiger charge is -2.26. The van der Waals surface area contributed by atoms with Gasteiger partial charge in [-0.3, -0.25) is 14.4 Å². The first-order valence-electron chi connectivity index (χ1n) is 11.2. The van der Waals surface area contributed by atoms with Crippen molar-refractivity contribution in [1.82, 2.24) is 4.90 Å². The molecule has 2 aromatic carbocycles. The highest BCUT2D eigenvalue weighted by atomic mass is 35.5. The molecule has 2 aromatic rings. The first kappa shape index (κ1) is 24.4. The van der Waals surface area contributed by atoms with E-state index < -0.39 is 17.8 Å². The van der Waals surface area contributed by atoms with Gasteiger partial charge in [-0.25, -0.2) is 9.69 Å². The highest BCUT2D eigenvalue weighted by Crippen LogP contribution is 2.30. The van der Waals surface area contributed by atoms with Crippen LogP contribution in [0.4, 0.5) is 11.4 Å². The van der Waals surface area contributed by atoms with Crippen LogP contribution in [0.5, 0.6) is 0 Å². The minimum atomic E-state index is -0.711. The van der Waals surface area contributed by atoms with E-state index in [1.54, 1.807) is 41.3 Å². The second kappa shape index (κ2) is 10.7. The molecular formula is C25H24ClN3O6. The highest BCUT2D eigenvalue weighted by Gasteiger charge is 2.39. The van der Waals surface area contributed by atoms with E-state index in [4.69, 9.17) is 21.1 Å². The summed E-state index contributed by atoms with van der Waals surface area (Å²) < 4.78 is 10.4. The van der Waals surface area contributed by atoms with Crippen molar-refractivity contribution >= 4 is 46.7 Å². The number of rotatable bonds is 7. The maximum absolute atomic E-state index is 13.1. The van der Waals surface area contributed by atoms with Crippen molar-refractivity contribution in [3.63, 3.8) is 0 Å². The van der Waals surface area contributed by atoms with E-state index in [9.17, 15) is 19.2 Å². The molecule has 0 unspecified atom stereocenters. The maximum Gasteiger partial charge on any atom is 0.338 e. The van der Waals surface area contributed by atoms with Crippen molar-refractivity contribution in [2.45, 2.75) is 13.3 Å². The second-order valence-electron chi connectivity index (χ2n) is 7.93. The molecule has 1 saturated heterocycles. The van der Waals surface area contributed by atoms with E-state index in [0.717, 1.165) is 4.90 Å². The molecule has 0 atom stereocenters. The number of carbonyl (C=O) groups is 4. The molecule has 0 aromatic heterocycles. The third-order valence-corrected chi connectivity index (χ3v) is 5.85. The van der Waals surface area contributed by atoms with Gasteiger partial charge in [0.2, 0.25) is 0 Å². The van der Waals surface area contributed by atoms with Gasteiger partial charge in [-0.1, -0.05) is 24.6 Å². The van der Waals surface area contributed by atoms with Crippen LogP contribution in [-0.2, 0) is 19.1 Å². The van der Waals surface area contributed by atoms with Crippen molar-refractivity contribution in [3.8, 4) is 0 Å². The van der Waals surface area contributed by atoms with Crippen molar-refractivity contribution in [1.29, 1.82) is 0 Å². The summed E-state index contributed by atoms with van der Waals surface area (Å²) in [7, 11) is 0. The summed E-state index contributed by atoms with van der Waals surface area (Å²) in [4.78, 5) is 53.3. The predicted octanol–water partition coefficient (Wildman–Crippen LogP) is 3.16. The van der Waals surface area contributed by atoms with Crippen molar-refractivity contribution in [2.75, 3.05) is 43.1 Å². The van der Waals surface area contributed by atoms with E-state index in [1.165, 1.54) is 12.1 Å². The SMILES string of the molecule is CCCOC(=O)c1cccc(N2C(=O)C(Cl)=C(Nc3ccc(C(=O)N4CCOCC4)cc3)C2=O)c1. The largest absolute Gasteiger partial charge is 0.462 e. The average molecular weight is 498 g/mol. The van der Waals surface area contributed by atoms with Crippen LogP contribution in [0.3, 0.4) is 0 Å². The van der Waals surface area contributed by atoms with E-state index in [2.05, 4.69) is 5.32 Å². The van der Waals surface area contributed by atoms with Gasteiger partial charge in [0.15, 0.2) is 0 Å². The molecule has 182 valence electrons. The number of benzene rings is 2. The Morgan fingerprint density at radius 3 is 2.43 bits per heavy atom. The summed E-state index contributed by atoms with van der Waals surface area (Å²) in [5.74, 6) is -2.02. The molecule has 2 aliphatic heterocycles. The summed E-state index contributed by atoms with van der Waals surface area (Å²) in [5, 5.41) is 2.61. The molecule has 10 heteroatoms. The Bertz CT molecular complexity index is 1190. The molecule has 1 fully saturated rings. The van der Waals surface area contributed by atoms with Crippen LogP contribution in [0.2, 0.25) is 0 Å². The number of anilines is 2. The van der Waals surface area contributed by atoms with Gasteiger partial charge in [-0.05, 0) is 48.9 Å². The Morgan fingerprint density at radius 2 is 1.74 bits per heavy atom. The van der Waals surface area contributed by atoms with Crippen LogP contribution in [0.15, 0.2) is 59.3 Å². The molecule has 0 spiro atoms. The number of morpholine rings is 1. The Hall–Kier alpha value is -3.69. The molecule has 9 nitrogen and oxygen atoms in total. The van der Waals surface area contributed by atoms with Gasteiger partial charge in [0.1, 0.15) is 10.7 Å². The number of ether oxygens (including phenoxy) is 2. The quantitative estimate of drug-likeness (QED) is 0.462. The van der Waals surface area contributed by atoms with Crippen molar-refractivity contribution < 1.29 is 28.7 Å². The fourth-order valence-corrected chi connectivity index (χ4v) is 3.90. The van der Waals surface area contributed by atoms with Gasteiger partial charge < -0.3 is 19.7 Å². The number of imide groups is 1. The van der Waals surface area contributed by atoms with Crippen molar-refractivity contribution in [3.05, 3.63) is 70.4 Å². The number of nitrogens with zero attached hydrogens (tertiary/aromatic N) is 2. The Balaban J connectivity index is 1.48. The Kier molecular flexibility index (Phi) is 7.48. The molecule has 0 radical (unpaired) electrons. The Morgan fingerprint density at radius 1 is 1.03 bits per heavy atom. The van der Waals surface area contributed by atoms with E-state index in [-0.39, 0.29) is 34.5 Å². The van der Waals surface area contributed by atoms with Crippen LogP contribution in [0, 0.1) is 0 Å². The van der Waals surface area contributed by atoms with Crippen LogP contribution >= 0.6 is 11.6 Å². The van der Waals surface area contributed by atoms with Gasteiger partial charge in [-0.2, -0.15) is 0 Å². The van der Waals surface area contributed by atoms with Crippen molar-refractivity contribution in [2.24, 2.45) is 0 Å². The maximum atomic E-state index is 13.1. The number of hydrogen-bond acceptors (Lipinski definition) is 7. The first-order valence-corrected chi connectivity index (χ1v) is 11.6. The standard InChI is InChI=1S/C25H24ClN3O6/c1-2-12-35-25(33)17-4-3-5-19(15-17)29-23(31)20(26)21(24(29)32)27-18-8-6-16(7-9-18)22(30)28-10-13-34-14-11-28/h3-9,15,27H,2,10-14H2,1H3. The van der Waals surface area contributed by atoms with Gasteiger partial charge >= 0.3 is 5.97 Å². The molecule has 35 heavy (non-hydrogen) atoms. The third kappa shape index (κ3) is 5.21. The number of esters is 1. The molecule has 4 rings (SSSR count). The molecule has 2 heterocycles. The number of amides is 3. The first-order chi connectivity index (χ1) is 16.9. The van der Waals surface area contributed by atoms with Gasteiger partial charge in [-0.15, -0.1) is 0 Å². The lowest BCUT2D eigenvalue weighted by Crippen LogP contribution is -2.40. The van der Waals surface area contributed by atoms with E-state index >= 15 is 0 Å². The number of halogens is 1. The lowest BCUT2D eigenvalue weighted by molar-refractivity contribution is -0.120. The smallest absolute Gasteiger partial charge is 0.338 e. The molecule has 3 amide bonds.